The molecule has 0 saturated carbocycles. The van der Waals surface area contributed by atoms with Crippen molar-refractivity contribution in [3.63, 3.8) is 0 Å². The van der Waals surface area contributed by atoms with Crippen molar-refractivity contribution in [3.8, 4) is 0 Å². The molecule has 3 aromatic rings. The van der Waals surface area contributed by atoms with Crippen LogP contribution in [0.2, 0.25) is 31.2 Å². The van der Waals surface area contributed by atoms with Gasteiger partial charge in [0.2, 0.25) is 0 Å². The monoisotopic (exact) mass is 659 g/mol. The number of amides is 2. The number of imide groups is 1. The third kappa shape index (κ3) is 5.38. The molecular formula is C42H53NO2Si2. The molecule has 2 amide bonds. The number of rotatable bonds is 8. The molecule has 0 bridgehead atoms. The number of nitrogens with zero attached hydrogens (tertiary/aromatic N) is 1. The summed E-state index contributed by atoms with van der Waals surface area (Å²) in [7, 11) is -4.17. The molecule has 0 saturated heterocycles. The minimum Gasteiger partial charge on any atom is -0.303 e. The SMILES string of the molecule is CCC(CC(C)c1ccc2c(c1)C=C(C)C2[Si](C)(C)C1C(C)=Cc2ccccc21)c1ccc2c(c1)C(=O)N([Si](C)(C)C(C)(C)C)C2=O. The van der Waals surface area contributed by atoms with Crippen LogP contribution >= 0.6 is 0 Å². The maximum absolute atomic E-state index is 13.7. The summed E-state index contributed by atoms with van der Waals surface area (Å²) in [6.07, 6.45) is 6.85. The molecule has 1 heterocycles. The smallest absolute Gasteiger partial charge is 0.253 e. The van der Waals surface area contributed by atoms with Gasteiger partial charge in [-0.25, -0.2) is 0 Å². The molecule has 0 radical (unpaired) electrons. The van der Waals surface area contributed by atoms with Gasteiger partial charge in [-0.05, 0) is 89.1 Å². The summed E-state index contributed by atoms with van der Waals surface area (Å²) in [5.74, 6) is 0.459. The lowest BCUT2D eigenvalue weighted by Crippen LogP contribution is -2.57. The van der Waals surface area contributed by atoms with Crippen LogP contribution in [0.1, 0.15) is 138 Å². The van der Waals surface area contributed by atoms with Crippen LogP contribution in [0.5, 0.6) is 0 Å². The largest absolute Gasteiger partial charge is 0.303 e. The van der Waals surface area contributed by atoms with E-state index in [1.165, 1.54) is 44.5 Å². The van der Waals surface area contributed by atoms with Gasteiger partial charge >= 0.3 is 0 Å². The van der Waals surface area contributed by atoms with Crippen LogP contribution in [0.15, 0.2) is 71.8 Å². The first kappa shape index (κ1) is 33.6. The first-order chi connectivity index (χ1) is 22.0. The summed E-state index contributed by atoms with van der Waals surface area (Å²) >= 11 is 0. The average Bonchev–Trinajstić information content (AvgIpc) is 3.61. The molecule has 3 aliphatic rings. The van der Waals surface area contributed by atoms with Gasteiger partial charge in [-0.3, -0.25) is 9.59 Å². The predicted octanol–water partition coefficient (Wildman–Crippen LogP) is 11.5. The summed E-state index contributed by atoms with van der Waals surface area (Å²) in [5, 5.41) is -0.107. The van der Waals surface area contributed by atoms with Crippen molar-refractivity contribution in [3.05, 3.63) is 116 Å². The molecule has 2 aliphatic carbocycles. The quantitative estimate of drug-likeness (QED) is 0.178. The van der Waals surface area contributed by atoms with Crippen molar-refractivity contribution in [2.24, 2.45) is 0 Å². The first-order valence-electron chi connectivity index (χ1n) is 17.6. The van der Waals surface area contributed by atoms with Gasteiger partial charge in [-0.2, -0.15) is 0 Å². The van der Waals surface area contributed by atoms with E-state index in [4.69, 9.17) is 0 Å². The number of benzene rings is 3. The van der Waals surface area contributed by atoms with Crippen LogP contribution in [0.3, 0.4) is 0 Å². The highest BCUT2D eigenvalue weighted by Gasteiger charge is 2.51. The Labute approximate surface area is 285 Å². The van der Waals surface area contributed by atoms with E-state index in [-0.39, 0.29) is 16.9 Å². The molecule has 0 aromatic heterocycles. The molecule has 3 aromatic carbocycles. The molecular weight excluding hydrogens is 607 g/mol. The van der Waals surface area contributed by atoms with E-state index in [1.54, 1.807) is 4.57 Å². The van der Waals surface area contributed by atoms with Crippen LogP contribution in [-0.2, 0) is 0 Å². The Hall–Kier alpha value is -3.29. The summed E-state index contributed by atoms with van der Waals surface area (Å²) < 4.78 is 1.63. The lowest BCUT2D eigenvalue weighted by molar-refractivity contribution is 0.0746. The Morgan fingerprint density at radius 2 is 1.32 bits per heavy atom. The van der Waals surface area contributed by atoms with Crippen molar-refractivity contribution < 1.29 is 9.59 Å². The van der Waals surface area contributed by atoms with E-state index >= 15 is 0 Å². The highest BCUT2D eigenvalue weighted by Crippen LogP contribution is 2.52. The molecule has 0 N–H and O–H groups in total. The van der Waals surface area contributed by atoms with Crippen LogP contribution in [0.4, 0.5) is 0 Å². The number of carbonyl (C=O) groups is 2. The molecule has 4 unspecified atom stereocenters. The average molecular weight is 660 g/mol. The Balaban J connectivity index is 1.23. The molecule has 0 spiro atoms. The van der Waals surface area contributed by atoms with Crippen LogP contribution in [0, 0.1) is 0 Å². The standard InChI is InChI=1S/C42H53NO2Si2/c1-12-29(31-18-20-36-37(25-31)41(45)43(40(36)44)47(10,11)42(5,6)7)21-26(2)30-17-19-35-33(24-30)23-28(4)39(35)46(8,9)38-27(3)22-32-15-13-14-16-34(32)38/h13-20,22-26,29,38-39H,12,21H2,1-11H3. The van der Waals surface area contributed by atoms with Crippen molar-refractivity contribution in [1.29, 1.82) is 0 Å². The highest BCUT2D eigenvalue weighted by atomic mass is 28.3. The lowest BCUT2D eigenvalue weighted by Gasteiger charge is -2.42. The first-order valence-corrected chi connectivity index (χ1v) is 23.7. The fourth-order valence-electron chi connectivity index (χ4n) is 8.94. The second-order valence-electron chi connectivity index (χ2n) is 16.8. The number of carbonyl (C=O) groups excluding carboxylic acids is 2. The zero-order valence-electron chi connectivity index (χ0n) is 30.4. The van der Waals surface area contributed by atoms with E-state index < -0.39 is 16.3 Å². The molecule has 4 atom stereocenters. The molecule has 246 valence electrons. The number of allylic oxidation sites excluding steroid dienone is 2. The van der Waals surface area contributed by atoms with Crippen molar-refractivity contribution in [2.45, 2.75) is 115 Å². The van der Waals surface area contributed by atoms with Gasteiger partial charge in [-0.1, -0.05) is 133 Å². The van der Waals surface area contributed by atoms with E-state index in [1.807, 2.05) is 12.1 Å². The zero-order chi connectivity index (χ0) is 34.2. The van der Waals surface area contributed by atoms with Crippen molar-refractivity contribution >= 4 is 40.3 Å². The summed E-state index contributed by atoms with van der Waals surface area (Å²) in [4.78, 5) is 27.2. The number of hydrogen-bond acceptors (Lipinski definition) is 2. The molecule has 1 aliphatic heterocycles. The normalized spacial score (nSPS) is 20.5. The maximum Gasteiger partial charge on any atom is 0.253 e. The molecule has 47 heavy (non-hydrogen) atoms. The van der Waals surface area contributed by atoms with Crippen LogP contribution < -0.4 is 0 Å². The highest BCUT2D eigenvalue weighted by molar-refractivity contribution is 6.83. The maximum atomic E-state index is 13.7. The Morgan fingerprint density at radius 1 is 0.745 bits per heavy atom. The Kier molecular flexibility index (Phi) is 8.36. The molecule has 6 rings (SSSR count). The predicted molar refractivity (Wildman–Crippen MR) is 203 cm³/mol. The fourth-order valence-corrected chi connectivity index (χ4v) is 15.8. The minimum absolute atomic E-state index is 0.102. The van der Waals surface area contributed by atoms with E-state index in [9.17, 15) is 9.59 Å². The second-order valence-corrected chi connectivity index (χ2v) is 26.6. The van der Waals surface area contributed by atoms with Gasteiger partial charge in [0.05, 0.1) is 19.2 Å². The lowest BCUT2D eigenvalue weighted by atomic mass is 9.83. The van der Waals surface area contributed by atoms with Gasteiger partial charge in [-0.15, -0.1) is 0 Å². The molecule has 5 heteroatoms. The van der Waals surface area contributed by atoms with E-state index in [2.05, 4.69) is 135 Å². The fraction of sp³-hybridized carbons (Fsp3) is 0.429. The van der Waals surface area contributed by atoms with E-state index in [0.717, 1.165) is 12.8 Å². The molecule has 0 fully saturated rings. The van der Waals surface area contributed by atoms with Gasteiger partial charge < -0.3 is 4.57 Å². The zero-order valence-corrected chi connectivity index (χ0v) is 32.4. The third-order valence-corrected chi connectivity index (χ3v) is 22.1. The van der Waals surface area contributed by atoms with Gasteiger partial charge in [0, 0.05) is 11.1 Å². The van der Waals surface area contributed by atoms with Gasteiger partial charge in [0.15, 0.2) is 8.24 Å². The minimum atomic E-state index is -2.35. The third-order valence-electron chi connectivity index (χ3n) is 12.4. The topological polar surface area (TPSA) is 37.4 Å². The van der Waals surface area contributed by atoms with Crippen molar-refractivity contribution in [1.82, 2.24) is 4.57 Å². The van der Waals surface area contributed by atoms with Crippen LogP contribution in [0.25, 0.3) is 12.2 Å². The Morgan fingerprint density at radius 3 is 1.96 bits per heavy atom. The Bertz CT molecular complexity index is 1840. The van der Waals surface area contributed by atoms with Gasteiger partial charge in [0.25, 0.3) is 11.8 Å². The summed E-state index contributed by atoms with van der Waals surface area (Å²) in [6, 6.07) is 22.3. The number of fused-ring (bicyclic) bond motifs is 3. The summed E-state index contributed by atoms with van der Waals surface area (Å²) in [5.41, 5.74) is 13.6. The van der Waals surface area contributed by atoms with E-state index in [0.29, 0.717) is 34.0 Å². The molecule has 3 nitrogen and oxygen atoms in total. The summed E-state index contributed by atoms with van der Waals surface area (Å²) in [6.45, 7) is 25.2. The van der Waals surface area contributed by atoms with Crippen molar-refractivity contribution in [2.75, 3.05) is 0 Å². The number of hydrogen-bond donors (Lipinski definition) is 0. The van der Waals surface area contributed by atoms with Crippen LogP contribution in [-0.4, -0.2) is 32.7 Å². The van der Waals surface area contributed by atoms with Gasteiger partial charge in [0.1, 0.15) is 0 Å². The second kappa shape index (κ2) is 11.7.